The molecule has 1 aromatic heterocycles. The van der Waals surface area contributed by atoms with E-state index >= 15 is 0 Å². The summed E-state index contributed by atoms with van der Waals surface area (Å²) in [6.45, 7) is 0. The predicted molar refractivity (Wildman–Crippen MR) is 46.9 cm³/mol. The zero-order valence-corrected chi connectivity index (χ0v) is 7.47. The molecule has 1 heterocycles. The third kappa shape index (κ3) is 2.13. The van der Waals surface area contributed by atoms with E-state index < -0.39 is 6.10 Å². The van der Waals surface area contributed by atoms with E-state index in [1.807, 2.05) is 14.1 Å². The Morgan fingerprint density at radius 1 is 1.46 bits per heavy atom. The number of aliphatic hydroxyl groups excluding tert-OH is 1. The molecule has 1 unspecified atom stereocenters. The quantitative estimate of drug-likeness (QED) is 0.650. The van der Waals surface area contributed by atoms with E-state index in [0.29, 0.717) is 11.5 Å². The van der Waals surface area contributed by atoms with Crippen molar-refractivity contribution in [2.45, 2.75) is 6.10 Å². The van der Waals surface area contributed by atoms with Crippen molar-refractivity contribution in [3.63, 3.8) is 0 Å². The first-order valence-corrected chi connectivity index (χ1v) is 3.72. The lowest BCUT2D eigenvalue weighted by molar-refractivity contribution is 0.235. The monoisotopic (exact) mass is 178 g/mol. The molecular weight excluding hydrogens is 168 g/mol. The standard InChI is InChI=1S/C8H10N4O/c1-12(2)8-10-4-6(5-11-8)7(13)3-9/h4-5,7,13H,1-2H3. The summed E-state index contributed by atoms with van der Waals surface area (Å²) in [6, 6.07) is 1.69. The number of aromatic nitrogens is 2. The summed E-state index contributed by atoms with van der Waals surface area (Å²) in [6.07, 6.45) is 1.74. The van der Waals surface area contributed by atoms with Gasteiger partial charge in [-0.2, -0.15) is 5.26 Å². The van der Waals surface area contributed by atoms with Crippen molar-refractivity contribution >= 4 is 5.95 Å². The zero-order chi connectivity index (χ0) is 9.84. The largest absolute Gasteiger partial charge is 0.374 e. The van der Waals surface area contributed by atoms with Crippen LogP contribution >= 0.6 is 0 Å². The van der Waals surface area contributed by atoms with Crippen LogP contribution in [0.1, 0.15) is 11.7 Å². The van der Waals surface area contributed by atoms with Crippen LogP contribution in [0, 0.1) is 11.3 Å². The first kappa shape index (κ1) is 9.42. The van der Waals surface area contributed by atoms with E-state index in [9.17, 15) is 0 Å². The number of hydrogen-bond acceptors (Lipinski definition) is 5. The van der Waals surface area contributed by atoms with Crippen molar-refractivity contribution in [1.82, 2.24) is 9.97 Å². The second kappa shape index (κ2) is 3.83. The second-order valence-electron chi connectivity index (χ2n) is 2.74. The van der Waals surface area contributed by atoms with Crippen LogP contribution < -0.4 is 4.90 Å². The lowest BCUT2D eigenvalue weighted by Gasteiger charge is -2.09. The maximum atomic E-state index is 9.10. The van der Waals surface area contributed by atoms with Gasteiger partial charge in [-0.15, -0.1) is 0 Å². The minimum absolute atomic E-state index is 0.410. The lowest BCUT2D eigenvalue weighted by atomic mass is 10.2. The average molecular weight is 178 g/mol. The van der Waals surface area contributed by atoms with Gasteiger partial charge >= 0.3 is 0 Å². The van der Waals surface area contributed by atoms with Gasteiger partial charge in [0, 0.05) is 32.1 Å². The minimum atomic E-state index is -1.14. The molecule has 0 fully saturated rings. The smallest absolute Gasteiger partial charge is 0.224 e. The SMILES string of the molecule is CN(C)c1ncc(C(O)C#N)cn1. The highest BCUT2D eigenvalue weighted by molar-refractivity contribution is 5.28. The van der Waals surface area contributed by atoms with Gasteiger partial charge in [-0.1, -0.05) is 0 Å². The molecule has 0 radical (unpaired) electrons. The van der Waals surface area contributed by atoms with Gasteiger partial charge in [0.15, 0.2) is 6.10 Å². The van der Waals surface area contributed by atoms with Crippen LogP contribution in [0.3, 0.4) is 0 Å². The van der Waals surface area contributed by atoms with E-state index in [-0.39, 0.29) is 0 Å². The highest BCUT2D eigenvalue weighted by atomic mass is 16.3. The first-order chi connectivity index (χ1) is 6.15. The van der Waals surface area contributed by atoms with Crippen molar-refractivity contribution < 1.29 is 5.11 Å². The molecule has 0 aliphatic carbocycles. The van der Waals surface area contributed by atoms with Crippen LogP contribution in [-0.4, -0.2) is 29.2 Å². The third-order valence-electron chi connectivity index (χ3n) is 1.50. The van der Waals surface area contributed by atoms with Gasteiger partial charge in [0.25, 0.3) is 0 Å². The van der Waals surface area contributed by atoms with E-state index in [4.69, 9.17) is 10.4 Å². The van der Waals surface area contributed by atoms with Crippen molar-refractivity contribution in [2.24, 2.45) is 0 Å². The van der Waals surface area contributed by atoms with E-state index in [2.05, 4.69) is 9.97 Å². The normalized spacial score (nSPS) is 11.8. The summed E-state index contributed by atoms with van der Waals surface area (Å²) < 4.78 is 0. The molecule has 0 saturated carbocycles. The number of nitriles is 1. The Morgan fingerprint density at radius 2 is 2.00 bits per heavy atom. The van der Waals surface area contributed by atoms with Crippen LogP contribution in [0.4, 0.5) is 5.95 Å². The molecule has 1 aromatic rings. The molecule has 68 valence electrons. The Kier molecular flexibility index (Phi) is 2.77. The Bertz CT molecular complexity index is 314. The van der Waals surface area contributed by atoms with Crippen molar-refractivity contribution in [1.29, 1.82) is 5.26 Å². The molecule has 1 N–H and O–H groups in total. The topological polar surface area (TPSA) is 73.0 Å². The summed E-state index contributed by atoms with van der Waals surface area (Å²) in [5, 5.41) is 17.5. The number of anilines is 1. The van der Waals surface area contributed by atoms with Gasteiger partial charge in [-0.3, -0.25) is 0 Å². The molecule has 0 saturated heterocycles. The molecule has 1 rings (SSSR count). The summed E-state index contributed by atoms with van der Waals surface area (Å²) in [7, 11) is 3.63. The molecule has 5 nitrogen and oxygen atoms in total. The van der Waals surface area contributed by atoms with Crippen molar-refractivity contribution in [2.75, 3.05) is 19.0 Å². The highest BCUT2D eigenvalue weighted by Gasteiger charge is 2.06. The molecule has 5 heteroatoms. The fourth-order valence-corrected chi connectivity index (χ4v) is 0.778. The minimum Gasteiger partial charge on any atom is -0.374 e. The summed E-state index contributed by atoms with van der Waals surface area (Å²) in [5.41, 5.74) is 0.410. The summed E-state index contributed by atoms with van der Waals surface area (Å²) in [4.78, 5) is 9.64. The van der Waals surface area contributed by atoms with E-state index in [1.54, 1.807) is 11.0 Å². The molecule has 0 spiro atoms. The summed E-state index contributed by atoms with van der Waals surface area (Å²) in [5.74, 6) is 0.550. The number of nitrogens with zero attached hydrogens (tertiary/aromatic N) is 4. The Hall–Kier alpha value is -1.67. The van der Waals surface area contributed by atoms with E-state index in [0.717, 1.165) is 0 Å². The van der Waals surface area contributed by atoms with Crippen LogP contribution in [0.5, 0.6) is 0 Å². The molecule has 0 bridgehead atoms. The highest BCUT2D eigenvalue weighted by Crippen LogP contribution is 2.10. The Morgan fingerprint density at radius 3 is 2.38 bits per heavy atom. The van der Waals surface area contributed by atoms with Gasteiger partial charge in [-0.25, -0.2) is 9.97 Å². The molecule has 13 heavy (non-hydrogen) atoms. The number of hydrogen-bond donors (Lipinski definition) is 1. The second-order valence-corrected chi connectivity index (χ2v) is 2.74. The first-order valence-electron chi connectivity index (χ1n) is 3.72. The van der Waals surface area contributed by atoms with Gasteiger partial charge in [0.1, 0.15) is 0 Å². The lowest BCUT2D eigenvalue weighted by Crippen LogP contribution is -2.12. The van der Waals surface area contributed by atoms with Gasteiger partial charge in [-0.05, 0) is 0 Å². The maximum absolute atomic E-state index is 9.10. The fraction of sp³-hybridized carbons (Fsp3) is 0.375. The van der Waals surface area contributed by atoms with Crippen molar-refractivity contribution in [3.8, 4) is 6.07 Å². The molecular formula is C8H10N4O. The fourth-order valence-electron chi connectivity index (χ4n) is 0.778. The third-order valence-corrected chi connectivity index (χ3v) is 1.50. The Labute approximate surface area is 76.3 Å². The van der Waals surface area contributed by atoms with Crippen LogP contribution in [0.2, 0.25) is 0 Å². The van der Waals surface area contributed by atoms with Gasteiger partial charge in [0.05, 0.1) is 6.07 Å². The van der Waals surface area contributed by atoms with E-state index in [1.165, 1.54) is 12.4 Å². The van der Waals surface area contributed by atoms with Gasteiger partial charge in [0.2, 0.25) is 5.95 Å². The molecule has 0 amide bonds. The molecule has 0 aliphatic heterocycles. The average Bonchev–Trinajstić information content (AvgIpc) is 2.17. The van der Waals surface area contributed by atoms with Crippen molar-refractivity contribution in [3.05, 3.63) is 18.0 Å². The number of rotatable bonds is 2. The predicted octanol–water partition coefficient (Wildman–Crippen LogP) is 0.0996. The van der Waals surface area contributed by atoms with Crippen LogP contribution in [-0.2, 0) is 0 Å². The number of aliphatic hydroxyl groups is 1. The zero-order valence-electron chi connectivity index (χ0n) is 7.47. The van der Waals surface area contributed by atoms with Crippen LogP contribution in [0.25, 0.3) is 0 Å². The maximum Gasteiger partial charge on any atom is 0.224 e. The molecule has 0 aromatic carbocycles. The van der Waals surface area contributed by atoms with Crippen LogP contribution in [0.15, 0.2) is 12.4 Å². The summed E-state index contributed by atoms with van der Waals surface area (Å²) >= 11 is 0. The molecule has 1 atom stereocenters. The van der Waals surface area contributed by atoms with Gasteiger partial charge < -0.3 is 10.0 Å². The molecule has 0 aliphatic rings. The Balaban J connectivity index is 2.89.